The van der Waals surface area contributed by atoms with Crippen molar-refractivity contribution < 1.29 is 20.1 Å². The van der Waals surface area contributed by atoms with Crippen LogP contribution in [0.5, 0.6) is 5.75 Å². The average molecular weight is 509 g/mol. The predicted molar refractivity (Wildman–Crippen MR) is 137 cm³/mol. The Kier molecular flexibility index (Phi) is 8.75. The largest absolute Gasteiger partial charge is 0.491 e. The van der Waals surface area contributed by atoms with E-state index in [0.29, 0.717) is 53.8 Å². The fourth-order valence-corrected chi connectivity index (χ4v) is 4.57. The minimum atomic E-state index is -0.722. The van der Waals surface area contributed by atoms with Gasteiger partial charge in [0.2, 0.25) is 0 Å². The molecule has 0 radical (unpaired) electrons. The maximum Gasteiger partial charge on any atom is 0.120 e. The SMILES string of the molecule is N#Cc1cc(OCCO)ccc1N1CCN(C[C@@H](O)c2ccc(CO)nc2)C[C@H]1c1ccc(Cl)cc1. The molecule has 2 atom stereocenters. The summed E-state index contributed by atoms with van der Waals surface area (Å²) in [6, 6.07) is 18.8. The molecule has 36 heavy (non-hydrogen) atoms. The van der Waals surface area contributed by atoms with E-state index in [0.717, 1.165) is 11.3 Å². The van der Waals surface area contributed by atoms with Crippen LogP contribution in [-0.2, 0) is 6.61 Å². The molecule has 0 amide bonds. The van der Waals surface area contributed by atoms with Crippen LogP contribution in [0.2, 0.25) is 5.02 Å². The number of nitrogens with zero attached hydrogens (tertiary/aromatic N) is 4. The normalized spacial score (nSPS) is 17.0. The highest BCUT2D eigenvalue weighted by Gasteiger charge is 2.31. The Morgan fingerprint density at radius 3 is 2.58 bits per heavy atom. The first-order chi connectivity index (χ1) is 17.5. The molecule has 3 aromatic rings. The van der Waals surface area contributed by atoms with Crippen molar-refractivity contribution in [1.29, 1.82) is 5.26 Å². The highest BCUT2D eigenvalue weighted by atomic mass is 35.5. The number of aliphatic hydroxyl groups excluding tert-OH is 3. The first-order valence-corrected chi connectivity index (χ1v) is 12.2. The summed E-state index contributed by atoms with van der Waals surface area (Å²) in [6.07, 6.45) is 0.878. The second-order valence-corrected chi connectivity index (χ2v) is 9.08. The molecule has 2 heterocycles. The molecule has 1 saturated heterocycles. The molecular formula is C27H29ClN4O4. The maximum absolute atomic E-state index is 10.8. The molecule has 4 rings (SSSR count). The van der Waals surface area contributed by atoms with Gasteiger partial charge in [-0.05, 0) is 42.0 Å². The number of anilines is 1. The summed E-state index contributed by atoms with van der Waals surface area (Å²) in [5.74, 6) is 0.537. The number of hydrogen-bond acceptors (Lipinski definition) is 8. The minimum absolute atomic E-state index is 0.0746. The van der Waals surface area contributed by atoms with Crippen molar-refractivity contribution in [2.75, 3.05) is 44.3 Å². The van der Waals surface area contributed by atoms with Gasteiger partial charge in [-0.25, -0.2) is 0 Å². The van der Waals surface area contributed by atoms with Gasteiger partial charge in [-0.15, -0.1) is 0 Å². The van der Waals surface area contributed by atoms with E-state index < -0.39 is 6.10 Å². The first-order valence-electron chi connectivity index (χ1n) is 11.8. The van der Waals surface area contributed by atoms with Gasteiger partial charge in [-0.3, -0.25) is 9.88 Å². The molecular weight excluding hydrogens is 480 g/mol. The summed E-state index contributed by atoms with van der Waals surface area (Å²) in [5, 5.41) is 39.6. The van der Waals surface area contributed by atoms with Crippen LogP contribution in [-0.4, -0.2) is 64.6 Å². The first kappa shape index (κ1) is 25.9. The van der Waals surface area contributed by atoms with Gasteiger partial charge < -0.3 is 25.0 Å². The van der Waals surface area contributed by atoms with Crippen LogP contribution in [0.4, 0.5) is 5.69 Å². The summed E-state index contributed by atoms with van der Waals surface area (Å²) in [4.78, 5) is 8.58. The van der Waals surface area contributed by atoms with Crippen LogP contribution in [0.3, 0.4) is 0 Å². The molecule has 0 unspecified atom stereocenters. The molecule has 0 bridgehead atoms. The number of halogens is 1. The van der Waals surface area contributed by atoms with Crippen LogP contribution >= 0.6 is 11.6 Å². The van der Waals surface area contributed by atoms with Crippen LogP contribution in [0.15, 0.2) is 60.8 Å². The molecule has 1 aliphatic rings. The minimum Gasteiger partial charge on any atom is -0.491 e. The number of ether oxygens (including phenoxy) is 1. The molecule has 188 valence electrons. The van der Waals surface area contributed by atoms with E-state index in [-0.39, 0.29) is 25.9 Å². The van der Waals surface area contributed by atoms with E-state index in [1.54, 1.807) is 24.4 Å². The van der Waals surface area contributed by atoms with E-state index in [1.165, 1.54) is 0 Å². The second-order valence-electron chi connectivity index (χ2n) is 8.64. The Morgan fingerprint density at radius 2 is 1.92 bits per heavy atom. The third-order valence-corrected chi connectivity index (χ3v) is 6.55. The molecule has 0 aliphatic carbocycles. The van der Waals surface area contributed by atoms with E-state index >= 15 is 0 Å². The zero-order chi connectivity index (χ0) is 25.5. The summed E-state index contributed by atoms with van der Waals surface area (Å²) in [5.41, 5.74) is 3.61. The van der Waals surface area contributed by atoms with Gasteiger partial charge in [0.15, 0.2) is 0 Å². The zero-order valence-electron chi connectivity index (χ0n) is 19.8. The van der Waals surface area contributed by atoms with E-state index in [1.807, 2.05) is 36.4 Å². The lowest BCUT2D eigenvalue weighted by atomic mass is 9.99. The van der Waals surface area contributed by atoms with Gasteiger partial charge in [0.25, 0.3) is 0 Å². The molecule has 3 N–H and O–H groups in total. The highest BCUT2D eigenvalue weighted by molar-refractivity contribution is 6.30. The van der Waals surface area contributed by atoms with Gasteiger partial charge in [0, 0.05) is 43.0 Å². The highest BCUT2D eigenvalue weighted by Crippen LogP contribution is 2.35. The topological polar surface area (TPSA) is 113 Å². The van der Waals surface area contributed by atoms with Crippen molar-refractivity contribution in [3.63, 3.8) is 0 Å². The van der Waals surface area contributed by atoms with Gasteiger partial charge in [-0.2, -0.15) is 5.26 Å². The number of hydrogen-bond donors (Lipinski definition) is 3. The number of benzene rings is 2. The van der Waals surface area contributed by atoms with Crippen LogP contribution in [0.25, 0.3) is 0 Å². The summed E-state index contributed by atoms with van der Waals surface area (Å²) in [6.45, 7) is 2.32. The lowest BCUT2D eigenvalue weighted by molar-refractivity contribution is 0.100. The lowest BCUT2D eigenvalue weighted by Crippen LogP contribution is -2.49. The Morgan fingerprint density at radius 1 is 1.11 bits per heavy atom. The third kappa shape index (κ3) is 6.13. The van der Waals surface area contributed by atoms with E-state index in [2.05, 4.69) is 20.9 Å². The third-order valence-electron chi connectivity index (χ3n) is 6.30. The molecule has 2 aromatic carbocycles. The van der Waals surface area contributed by atoms with Crippen molar-refractivity contribution in [3.8, 4) is 11.8 Å². The van der Waals surface area contributed by atoms with Crippen molar-refractivity contribution in [2.45, 2.75) is 18.8 Å². The quantitative estimate of drug-likeness (QED) is 0.404. The number of rotatable bonds is 9. The fourth-order valence-electron chi connectivity index (χ4n) is 4.45. The standard InChI is InChI=1S/C27H29ClN4O4/c28-22-4-1-19(2-5-22)26-16-31(17-27(35)20-3-6-23(18-34)30-15-20)9-10-32(26)25-8-7-24(36-12-11-33)13-21(25)14-29/h1-8,13,15,26-27,33-35H,9-12,16-18H2/t26-,27+/m0/s1. The Labute approximate surface area is 215 Å². The van der Waals surface area contributed by atoms with Crippen LogP contribution in [0.1, 0.15) is 34.5 Å². The molecule has 1 fully saturated rings. The van der Waals surface area contributed by atoms with Crippen molar-refractivity contribution in [2.24, 2.45) is 0 Å². The molecule has 0 saturated carbocycles. The summed E-state index contributed by atoms with van der Waals surface area (Å²) < 4.78 is 5.49. The molecule has 9 heteroatoms. The number of piperazine rings is 1. The van der Waals surface area contributed by atoms with Gasteiger partial charge >= 0.3 is 0 Å². The molecule has 8 nitrogen and oxygen atoms in total. The van der Waals surface area contributed by atoms with Crippen molar-refractivity contribution in [1.82, 2.24) is 9.88 Å². The van der Waals surface area contributed by atoms with Gasteiger partial charge in [-0.1, -0.05) is 29.8 Å². The smallest absolute Gasteiger partial charge is 0.120 e. The number of aromatic nitrogens is 1. The fraction of sp³-hybridized carbons (Fsp3) is 0.333. The monoisotopic (exact) mass is 508 g/mol. The predicted octanol–water partition coefficient (Wildman–Crippen LogP) is 3.07. The molecule has 1 aromatic heterocycles. The number of pyridine rings is 1. The second kappa shape index (κ2) is 12.2. The average Bonchev–Trinajstić information content (AvgIpc) is 2.92. The number of β-amino-alcohol motifs (C(OH)–C–C–N with tert-alkyl or cyclic N) is 1. The van der Waals surface area contributed by atoms with E-state index in [4.69, 9.17) is 21.4 Å². The summed E-state index contributed by atoms with van der Waals surface area (Å²) in [7, 11) is 0. The Hall–Kier alpha value is -3.19. The summed E-state index contributed by atoms with van der Waals surface area (Å²) >= 11 is 6.14. The van der Waals surface area contributed by atoms with Gasteiger partial charge in [0.05, 0.1) is 42.3 Å². The van der Waals surface area contributed by atoms with Crippen molar-refractivity contribution >= 4 is 17.3 Å². The number of aliphatic hydroxyl groups is 3. The van der Waals surface area contributed by atoms with Crippen molar-refractivity contribution in [3.05, 3.63) is 88.2 Å². The zero-order valence-corrected chi connectivity index (χ0v) is 20.6. The number of nitriles is 1. The van der Waals surface area contributed by atoms with Crippen LogP contribution < -0.4 is 9.64 Å². The Bertz CT molecular complexity index is 1180. The van der Waals surface area contributed by atoms with Gasteiger partial charge in [0.1, 0.15) is 18.4 Å². The molecule has 0 spiro atoms. The Balaban J connectivity index is 1.57. The van der Waals surface area contributed by atoms with Crippen LogP contribution in [0, 0.1) is 11.3 Å². The maximum atomic E-state index is 10.8. The molecule has 1 aliphatic heterocycles. The van der Waals surface area contributed by atoms with E-state index in [9.17, 15) is 15.5 Å². The lowest BCUT2D eigenvalue weighted by Gasteiger charge is -2.44.